The summed E-state index contributed by atoms with van der Waals surface area (Å²) in [7, 11) is 0. The maximum atomic E-state index is 13.1. The largest absolute Gasteiger partial charge is 0.444 e. The molecule has 4 amide bonds. The predicted octanol–water partition coefficient (Wildman–Crippen LogP) is 10.4. The van der Waals surface area contributed by atoms with Crippen LogP contribution in [0.5, 0.6) is 0 Å². The van der Waals surface area contributed by atoms with Gasteiger partial charge in [0.05, 0.1) is 38.6 Å². The van der Waals surface area contributed by atoms with Crippen LogP contribution in [0.4, 0.5) is 4.79 Å². The second kappa shape index (κ2) is 41.3. The lowest BCUT2D eigenvalue weighted by Crippen LogP contribution is -2.35. The number of carbonyl (C=O) groups excluding carboxylic acids is 4. The van der Waals surface area contributed by atoms with E-state index in [1.165, 1.54) is 83.5 Å². The Hall–Kier alpha value is -2.74. The number of nitrogens with one attached hydrogen (secondary N) is 3. The van der Waals surface area contributed by atoms with Crippen molar-refractivity contribution in [3.05, 3.63) is 11.6 Å². The van der Waals surface area contributed by atoms with E-state index in [0.29, 0.717) is 65.4 Å². The number of ether oxygens (including phenoxy) is 3. The first-order valence-corrected chi connectivity index (χ1v) is 26.9. The van der Waals surface area contributed by atoms with Crippen LogP contribution in [0.2, 0.25) is 0 Å². The lowest BCUT2D eigenvalue weighted by atomic mass is 10.0. The number of unbranched alkanes of at least 4 members (excludes halogenated alkanes) is 20. The number of carbonyl (C=O) groups is 4. The minimum Gasteiger partial charge on any atom is -0.444 e. The van der Waals surface area contributed by atoms with E-state index < -0.39 is 23.9 Å². The molecular weight excluding hydrogens is 837 g/mol. The van der Waals surface area contributed by atoms with Gasteiger partial charge in [-0.25, -0.2) is 4.79 Å². The zero-order valence-corrected chi connectivity index (χ0v) is 42.9. The highest BCUT2D eigenvalue weighted by Crippen LogP contribution is 2.23. The fourth-order valence-corrected chi connectivity index (χ4v) is 8.23. The molecule has 0 saturated carbocycles. The third-order valence-corrected chi connectivity index (χ3v) is 12.1. The Morgan fingerprint density at radius 3 is 1.52 bits per heavy atom. The molecule has 1 aliphatic heterocycles. The summed E-state index contributed by atoms with van der Waals surface area (Å²) in [4.78, 5) is 51.1. The Kier molecular flexibility index (Phi) is 38.3. The number of hydrogen-bond donors (Lipinski definition) is 5. The fourth-order valence-electron chi connectivity index (χ4n) is 8.23. The summed E-state index contributed by atoms with van der Waals surface area (Å²) in [6.45, 7) is 13.7. The van der Waals surface area contributed by atoms with Crippen molar-refractivity contribution in [2.24, 2.45) is 0 Å². The van der Waals surface area contributed by atoms with E-state index >= 15 is 0 Å². The number of hydrogen-bond acceptors (Lipinski definition) is 9. The third kappa shape index (κ3) is 37.3. The summed E-state index contributed by atoms with van der Waals surface area (Å²) < 4.78 is 16.4. The van der Waals surface area contributed by atoms with Crippen LogP contribution in [0.15, 0.2) is 11.6 Å². The highest BCUT2D eigenvalue weighted by molar-refractivity contribution is 5.96. The van der Waals surface area contributed by atoms with Gasteiger partial charge in [0.15, 0.2) is 0 Å². The molecule has 66 heavy (non-hydrogen) atoms. The monoisotopic (exact) mass is 937 g/mol. The summed E-state index contributed by atoms with van der Waals surface area (Å²) in [5.41, 5.74) is 0.428. The van der Waals surface area contributed by atoms with Crippen LogP contribution in [0.1, 0.15) is 227 Å². The molecule has 0 aromatic rings. The van der Waals surface area contributed by atoms with Gasteiger partial charge in [0, 0.05) is 50.6 Å². The van der Waals surface area contributed by atoms with Crippen molar-refractivity contribution in [2.45, 2.75) is 251 Å². The van der Waals surface area contributed by atoms with Crippen LogP contribution in [-0.4, -0.2) is 115 Å². The van der Waals surface area contributed by atoms with E-state index in [1.807, 2.05) is 25.7 Å². The maximum Gasteiger partial charge on any atom is 0.407 e. The molecule has 0 radical (unpaired) electrons. The van der Waals surface area contributed by atoms with E-state index in [9.17, 15) is 29.4 Å². The molecule has 13 heteroatoms. The summed E-state index contributed by atoms with van der Waals surface area (Å²) in [5, 5.41) is 29.0. The zero-order chi connectivity index (χ0) is 48.5. The number of aliphatic hydroxyl groups excluding tert-OH is 2. The van der Waals surface area contributed by atoms with Crippen molar-refractivity contribution >= 4 is 23.8 Å². The van der Waals surface area contributed by atoms with Crippen molar-refractivity contribution in [3.8, 4) is 0 Å². The normalized spacial score (nSPS) is 14.9. The van der Waals surface area contributed by atoms with Crippen LogP contribution >= 0.6 is 0 Å². The van der Waals surface area contributed by atoms with Crippen molar-refractivity contribution in [1.29, 1.82) is 0 Å². The van der Waals surface area contributed by atoms with Crippen LogP contribution < -0.4 is 16.0 Å². The second-order valence-electron chi connectivity index (χ2n) is 19.8. The molecule has 0 spiro atoms. The van der Waals surface area contributed by atoms with Crippen LogP contribution in [0.25, 0.3) is 0 Å². The second-order valence-corrected chi connectivity index (χ2v) is 19.8. The molecule has 1 aliphatic rings. The molecule has 0 fully saturated rings. The first-order valence-electron chi connectivity index (χ1n) is 26.9. The number of amides is 4. The molecule has 3 atom stereocenters. The number of aliphatic hydroxyl groups is 2. The average molecular weight is 937 g/mol. The average Bonchev–Trinajstić information content (AvgIpc) is 3.54. The van der Waals surface area contributed by atoms with E-state index in [0.717, 1.165) is 102 Å². The van der Waals surface area contributed by atoms with E-state index in [-0.39, 0.29) is 23.8 Å². The highest BCUT2D eigenvalue weighted by Gasteiger charge is 2.28. The summed E-state index contributed by atoms with van der Waals surface area (Å²) >= 11 is 0. The van der Waals surface area contributed by atoms with Crippen molar-refractivity contribution in [1.82, 2.24) is 20.9 Å². The van der Waals surface area contributed by atoms with Gasteiger partial charge < -0.3 is 45.3 Å². The fraction of sp³-hybridized carbons (Fsp3) is 0.887. The van der Waals surface area contributed by atoms with E-state index in [1.54, 1.807) is 0 Å². The molecule has 0 aliphatic carbocycles. The quantitative estimate of drug-likeness (QED) is 0.0372. The Morgan fingerprint density at radius 1 is 0.606 bits per heavy atom. The molecule has 1 rings (SSSR count). The molecule has 0 bridgehead atoms. The lowest BCUT2D eigenvalue weighted by Gasteiger charge is -2.22. The molecular formula is C53H100N4O9. The zero-order valence-electron chi connectivity index (χ0n) is 42.9. The van der Waals surface area contributed by atoms with Gasteiger partial charge in [-0.15, -0.1) is 0 Å². The summed E-state index contributed by atoms with van der Waals surface area (Å²) in [5.74, 6) is 0.216. The predicted molar refractivity (Wildman–Crippen MR) is 267 cm³/mol. The number of nitrogens with zero attached hydrogens (tertiary/aromatic N) is 1. The summed E-state index contributed by atoms with van der Waals surface area (Å²) in [6.07, 6.45) is 31.7. The Bertz CT molecular complexity index is 1260. The first-order chi connectivity index (χ1) is 31.8. The lowest BCUT2D eigenvalue weighted by molar-refractivity contribution is -0.127. The Balaban J connectivity index is 1.90. The van der Waals surface area contributed by atoms with E-state index in [2.05, 4.69) is 35.9 Å². The van der Waals surface area contributed by atoms with Crippen molar-refractivity contribution < 1.29 is 43.6 Å². The van der Waals surface area contributed by atoms with Gasteiger partial charge >= 0.3 is 6.09 Å². The minimum absolute atomic E-state index is 0.0315. The van der Waals surface area contributed by atoms with Gasteiger partial charge in [0.2, 0.25) is 17.7 Å². The highest BCUT2D eigenvalue weighted by atomic mass is 16.6. The van der Waals surface area contributed by atoms with Gasteiger partial charge in [-0.3, -0.25) is 14.4 Å². The molecule has 5 N–H and O–H groups in total. The van der Waals surface area contributed by atoms with Crippen molar-refractivity contribution in [3.63, 3.8) is 0 Å². The third-order valence-electron chi connectivity index (χ3n) is 12.1. The standard InChI is InChI=1S/C53H100N4O9/c1-6-7-8-9-10-16-19-24-32-47(58)43-64-40-41-65-44-48(59)33-25-20-17-14-12-11-13-15-18-23-31-46-42-45(2)57(51(46)62)39-30-38-55-50(61)35-26-21-28-36-54-49(60)34-27-22-29-37-56-52(63)66-53(3,4)5/h42,45,47-48,58-59H,6-41,43-44H2,1-5H3,(H,54,60)(H,55,61)(H,56,63)/t45-,47-,48-/m0/s1. The van der Waals surface area contributed by atoms with Crippen LogP contribution in [0.3, 0.4) is 0 Å². The van der Waals surface area contributed by atoms with Crippen LogP contribution in [0, 0.1) is 0 Å². The Morgan fingerprint density at radius 2 is 1.03 bits per heavy atom. The van der Waals surface area contributed by atoms with E-state index in [4.69, 9.17) is 14.2 Å². The summed E-state index contributed by atoms with van der Waals surface area (Å²) in [6, 6.07) is 0.0962. The molecule has 0 unspecified atom stereocenters. The van der Waals surface area contributed by atoms with Crippen LogP contribution in [-0.2, 0) is 28.6 Å². The topological polar surface area (TPSA) is 176 Å². The molecule has 13 nitrogen and oxygen atoms in total. The minimum atomic E-state index is -0.511. The molecule has 386 valence electrons. The SMILES string of the molecule is CCCCCCCCCC[C@H](O)COCCOC[C@@H](O)CCCCCCCCCCCCC1=C[C@H](C)N(CCCNC(=O)CCCCCNC(=O)CCCCCNC(=O)OC(C)(C)C)C1=O. The number of rotatable bonds is 45. The van der Waals surface area contributed by atoms with Gasteiger partial charge in [-0.1, -0.05) is 135 Å². The van der Waals surface area contributed by atoms with Gasteiger partial charge in [0.1, 0.15) is 5.60 Å². The molecule has 0 aromatic heterocycles. The van der Waals surface area contributed by atoms with Gasteiger partial charge in [0.25, 0.3) is 0 Å². The van der Waals surface area contributed by atoms with Gasteiger partial charge in [-0.05, 0) is 85.5 Å². The van der Waals surface area contributed by atoms with Crippen molar-refractivity contribution in [2.75, 3.05) is 52.6 Å². The molecule has 0 saturated heterocycles. The maximum absolute atomic E-state index is 13.1. The smallest absolute Gasteiger partial charge is 0.407 e. The molecule has 0 aromatic carbocycles. The Labute approximate surface area is 402 Å². The van der Waals surface area contributed by atoms with Gasteiger partial charge in [-0.2, -0.15) is 0 Å². The number of alkyl carbamates (subject to hydrolysis) is 1. The molecule has 1 heterocycles. The first kappa shape index (κ1) is 61.3.